The molecule has 1 aromatic rings. The Morgan fingerprint density at radius 3 is 2.44 bits per heavy atom. The molecule has 5 heteroatoms. The van der Waals surface area contributed by atoms with Gasteiger partial charge in [-0.15, -0.1) is 0 Å². The van der Waals surface area contributed by atoms with E-state index in [4.69, 9.17) is 15.3 Å². The minimum Gasteiger partial charge on any atom is -0.493 e. The monoisotopic (exact) mass is 220 g/mol. The molecule has 0 saturated heterocycles. The van der Waals surface area contributed by atoms with Gasteiger partial charge < -0.3 is 4.74 Å². The molecule has 0 heterocycles. The molecule has 0 unspecified atom stereocenters. The van der Waals surface area contributed by atoms with E-state index in [1.165, 1.54) is 7.11 Å². The number of hydrogen-bond acceptors (Lipinski definition) is 3. The highest BCUT2D eigenvalue weighted by molar-refractivity contribution is 5.66. The van der Waals surface area contributed by atoms with Gasteiger partial charge in [-0.3, -0.25) is 0 Å². The normalized spacial score (nSPS) is 8.81. The van der Waals surface area contributed by atoms with Crippen molar-refractivity contribution in [3.8, 4) is 17.9 Å². The first-order valence-corrected chi connectivity index (χ1v) is 4.17. The molecule has 0 N–H and O–H groups in total. The summed E-state index contributed by atoms with van der Waals surface area (Å²) in [5, 5.41) is 17.0. The molecule has 0 saturated carbocycles. The van der Waals surface area contributed by atoms with E-state index in [0.717, 1.165) is 12.1 Å². The molecule has 0 atom stereocenters. The van der Waals surface area contributed by atoms with Crippen molar-refractivity contribution in [3.63, 3.8) is 0 Å². The molecule has 80 valence electrons. The van der Waals surface area contributed by atoms with Crippen molar-refractivity contribution in [1.82, 2.24) is 0 Å². The van der Waals surface area contributed by atoms with Crippen LogP contribution in [0.4, 0.5) is 8.78 Å². The smallest absolute Gasteiger partial charge is 0.168 e. The molecule has 3 nitrogen and oxygen atoms in total. The number of nitrogens with zero attached hydrogens (tertiary/aromatic N) is 2. The minimum absolute atomic E-state index is 0.0121. The Morgan fingerprint density at radius 1 is 1.31 bits per heavy atom. The predicted octanol–water partition coefficient (Wildman–Crippen LogP) is 2.40. The summed E-state index contributed by atoms with van der Waals surface area (Å²) < 4.78 is 30.8. The Labute approximate surface area is 90.8 Å². The minimum atomic E-state index is -0.885. The zero-order chi connectivity index (χ0) is 12.1. The average Bonchev–Trinajstić information content (AvgIpc) is 2.25. The zero-order valence-electron chi connectivity index (χ0n) is 8.29. The zero-order valence-corrected chi connectivity index (χ0v) is 8.29. The van der Waals surface area contributed by atoms with Crippen LogP contribution in [0.1, 0.15) is 5.56 Å². The molecule has 0 radical (unpaired) electrons. The second-order valence-corrected chi connectivity index (χ2v) is 2.79. The maximum absolute atomic E-state index is 13.2. The molecule has 0 spiro atoms. The average molecular weight is 220 g/mol. The lowest BCUT2D eigenvalue weighted by molar-refractivity contribution is 0.383. The Bertz CT molecular complexity index is 508. The highest BCUT2D eigenvalue weighted by atomic mass is 19.1. The van der Waals surface area contributed by atoms with E-state index in [1.54, 1.807) is 12.1 Å². The first-order valence-electron chi connectivity index (χ1n) is 4.17. The fraction of sp³-hybridized carbons (Fsp3) is 0.0909. The molecule has 0 amide bonds. The Hall–Kier alpha value is -2.40. The summed E-state index contributed by atoms with van der Waals surface area (Å²) in [7, 11) is 1.21. The van der Waals surface area contributed by atoms with Gasteiger partial charge in [0, 0.05) is 11.6 Å². The van der Waals surface area contributed by atoms with Crippen LogP contribution in [-0.2, 0) is 0 Å². The van der Waals surface area contributed by atoms with E-state index in [9.17, 15) is 8.78 Å². The van der Waals surface area contributed by atoms with Crippen molar-refractivity contribution in [2.75, 3.05) is 7.11 Å². The first-order chi connectivity index (χ1) is 7.62. The topological polar surface area (TPSA) is 56.8 Å². The summed E-state index contributed by atoms with van der Waals surface area (Å²) in [6, 6.07) is 4.82. The van der Waals surface area contributed by atoms with E-state index in [-0.39, 0.29) is 16.9 Å². The molecule has 0 aliphatic carbocycles. The van der Waals surface area contributed by atoms with Crippen LogP contribution >= 0.6 is 0 Å². The van der Waals surface area contributed by atoms with Gasteiger partial charge in [0.25, 0.3) is 0 Å². The highest BCUT2D eigenvalue weighted by Gasteiger charge is 2.10. The van der Waals surface area contributed by atoms with Gasteiger partial charge in [-0.25, -0.2) is 8.78 Å². The van der Waals surface area contributed by atoms with Gasteiger partial charge in [-0.05, 0) is 12.1 Å². The van der Waals surface area contributed by atoms with Gasteiger partial charge in [0.1, 0.15) is 23.5 Å². The largest absolute Gasteiger partial charge is 0.493 e. The second-order valence-electron chi connectivity index (χ2n) is 2.79. The maximum Gasteiger partial charge on any atom is 0.168 e. The fourth-order valence-corrected chi connectivity index (χ4v) is 1.15. The standard InChI is InChI=1S/C11H6F2N2O/c1-16-11-8(2-7(5-14)6-15)3-9(12)4-10(11)13/h2-4H,1H3. The van der Waals surface area contributed by atoms with E-state index in [1.807, 2.05) is 0 Å². The van der Waals surface area contributed by atoms with Gasteiger partial charge in [0.15, 0.2) is 11.6 Å². The van der Waals surface area contributed by atoms with E-state index >= 15 is 0 Å². The third kappa shape index (κ3) is 2.34. The van der Waals surface area contributed by atoms with Crippen LogP contribution in [0, 0.1) is 34.3 Å². The molecule has 16 heavy (non-hydrogen) atoms. The van der Waals surface area contributed by atoms with Crippen molar-refractivity contribution in [2.45, 2.75) is 0 Å². The van der Waals surface area contributed by atoms with Crippen LogP contribution in [0.15, 0.2) is 17.7 Å². The summed E-state index contributed by atoms with van der Waals surface area (Å²) in [6.07, 6.45) is 1.06. The summed E-state index contributed by atoms with van der Waals surface area (Å²) in [6.45, 7) is 0. The molecular weight excluding hydrogens is 214 g/mol. The summed E-state index contributed by atoms with van der Waals surface area (Å²) in [4.78, 5) is 0. The van der Waals surface area contributed by atoms with Crippen LogP contribution in [0.3, 0.4) is 0 Å². The lowest BCUT2D eigenvalue weighted by Gasteiger charge is -2.05. The molecule has 0 bridgehead atoms. The van der Waals surface area contributed by atoms with Gasteiger partial charge in [-0.2, -0.15) is 10.5 Å². The van der Waals surface area contributed by atoms with Crippen LogP contribution in [0.25, 0.3) is 6.08 Å². The summed E-state index contributed by atoms with van der Waals surface area (Å²) in [5.41, 5.74) is -0.249. The Morgan fingerprint density at radius 2 is 1.94 bits per heavy atom. The SMILES string of the molecule is COc1c(F)cc(F)cc1C=C(C#N)C#N. The molecule has 1 rings (SSSR count). The number of methoxy groups -OCH3 is 1. The van der Waals surface area contributed by atoms with Crippen LogP contribution in [0.2, 0.25) is 0 Å². The lowest BCUT2D eigenvalue weighted by atomic mass is 10.1. The van der Waals surface area contributed by atoms with Gasteiger partial charge in [0.2, 0.25) is 0 Å². The van der Waals surface area contributed by atoms with Gasteiger partial charge >= 0.3 is 0 Å². The predicted molar refractivity (Wildman–Crippen MR) is 52.1 cm³/mol. The number of benzene rings is 1. The number of hydrogen-bond donors (Lipinski definition) is 0. The third-order valence-electron chi connectivity index (χ3n) is 1.78. The molecule has 0 fully saturated rings. The second kappa shape index (κ2) is 4.90. The van der Waals surface area contributed by atoms with Gasteiger partial charge in [-0.1, -0.05) is 0 Å². The van der Waals surface area contributed by atoms with E-state index < -0.39 is 11.6 Å². The van der Waals surface area contributed by atoms with Crippen molar-refractivity contribution >= 4 is 6.08 Å². The fourth-order valence-electron chi connectivity index (χ4n) is 1.15. The van der Waals surface area contributed by atoms with Crippen molar-refractivity contribution in [1.29, 1.82) is 10.5 Å². The number of rotatable bonds is 2. The highest BCUT2D eigenvalue weighted by Crippen LogP contribution is 2.25. The quantitative estimate of drug-likeness (QED) is 0.719. The van der Waals surface area contributed by atoms with E-state index in [0.29, 0.717) is 6.07 Å². The van der Waals surface area contributed by atoms with Crippen molar-refractivity contribution < 1.29 is 13.5 Å². The lowest BCUT2D eigenvalue weighted by Crippen LogP contribution is -1.93. The molecule has 0 aliphatic rings. The molecule has 0 aromatic heterocycles. The van der Waals surface area contributed by atoms with Crippen molar-refractivity contribution in [3.05, 3.63) is 34.9 Å². The summed E-state index contributed by atoms with van der Waals surface area (Å²) in [5.74, 6) is -1.90. The molecular formula is C11H6F2N2O. The Kier molecular flexibility index (Phi) is 3.58. The van der Waals surface area contributed by atoms with Crippen LogP contribution in [-0.4, -0.2) is 7.11 Å². The number of allylic oxidation sites excluding steroid dienone is 1. The van der Waals surface area contributed by atoms with E-state index in [2.05, 4.69) is 0 Å². The van der Waals surface area contributed by atoms with Crippen molar-refractivity contribution in [2.24, 2.45) is 0 Å². The Balaban J connectivity index is 3.40. The van der Waals surface area contributed by atoms with Crippen LogP contribution in [0.5, 0.6) is 5.75 Å². The molecule has 0 aliphatic heterocycles. The number of nitriles is 2. The molecule has 1 aromatic carbocycles. The van der Waals surface area contributed by atoms with Crippen LogP contribution < -0.4 is 4.74 Å². The van der Waals surface area contributed by atoms with Gasteiger partial charge in [0.05, 0.1) is 7.11 Å². The third-order valence-corrected chi connectivity index (χ3v) is 1.78. The number of halogens is 2. The number of ether oxygens (including phenoxy) is 1. The maximum atomic E-state index is 13.2. The first kappa shape index (κ1) is 11.7. The summed E-state index contributed by atoms with van der Waals surface area (Å²) >= 11 is 0.